The molecule has 4 heteroatoms. The van der Waals surface area contributed by atoms with E-state index in [4.69, 9.17) is 14.2 Å². The van der Waals surface area contributed by atoms with E-state index in [0.717, 1.165) is 57.1 Å². The van der Waals surface area contributed by atoms with Crippen molar-refractivity contribution in [1.82, 2.24) is 0 Å². The van der Waals surface area contributed by atoms with Crippen molar-refractivity contribution >= 4 is 5.97 Å². The minimum absolute atomic E-state index is 0.0346. The van der Waals surface area contributed by atoms with Crippen molar-refractivity contribution in [2.24, 2.45) is 5.92 Å². The molecule has 0 bridgehead atoms. The number of hydrogen-bond acceptors (Lipinski definition) is 4. The first kappa shape index (κ1) is 26.4. The van der Waals surface area contributed by atoms with Gasteiger partial charge in [0.15, 0.2) is 6.29 Å². The zero-order valence-electron chi connectivity index (χ0n) is 19.7. The fourth-order valence-electron chi connectivity index (χ4n) is 3.67. The van der Waals surface area contributed by atoms with E-state index in [9.17, 15) is 4.79 Å². The van der Waals surface area contributed by atoms with Crippen molar-refractivity contribution in [3.8, 4) is 0 Å². The molecule has 1 rings (SSSR count). The second kappa shape index (κ2) is 16.1. The monoisotopic (exact) mass is 418 g/mol. The fourth-order valence-corrected chi connectivity index (χ4v) is 3.67. The molecule has 0 aromatic heterocycles. The number of hydrogen-bond donors (Lipinski definition) is 0. The highest BCUT2D eigenvalue weighted by molar-refractivity contribution is 5.82. The summed E-state index contributed by atoms with van der Waals surface area (Å²) in [5.41, 5.74) is 3.79. The first-order chi connectivity index (χ1) is 14.4. The van der Waals surface area contributed by atoms with E-state index >= 15 is 0 Å². The highest BCUT2D eigenvalue weighted by Crippen LogP contribution is 2.19. The Morgan fingerprint density at radius 1 is 1.17 bits per heavy atom. The van der Waals surface area contributed by atoms with E-state index in [2.05, 4.69) is 45.1 Å². The van der Waals surface area contributed by atoms with Gasteiger partial charge in [-0.1, -0.05) is 42.4 Å². The molecule has 2 unspecified atom stereocenters. The topological polar surface area (TPSA) is 44.8 Å². The van der Waals surface area contributed by atoms with Crippen molar-refractivity contribution in [3.63, 3.8) is 0 Å². The molecule has 1 heterocycles. The summed E-state index contributed by atoms with van der Waals surface area (Å²) in [6.45, 7) is 9.90. The lowest BCUT2D eigenvalue weighted by molar-refractivity contribution is -0.157. The maximum atomic E-state index is 11.3. The van der Waals surface area contributed by atoms with Crippen LogP contribution in [0.2, 0.25) is 0 Å². The van der Waals surface area contributed by atoms with Gasteiger partial charge < -0.3 is 14.2 Å². The standard InChI is InChI=1S/C26H42O4/c1-6-7-8-13-24(20-30-26-15-9-10-16-29-26)14-11-12-21(2)17-22(3)18-23(4)19-25(27)28-5/h6-7,14,17,19,22,26H,8-13,15-16,18,20H2,1-5H3/b7-6+,21-17+,23-19+,24-14+. The Kier molecular flexibility index (Phi) is 14.2. The van der Waals surface area contributed by atoms with E-state index in [1.165, 1.54) is 24.7 Å². The Bertz CT molecular complexity index is 607. The Morgan fingerprint density at radius 3 is 2.63 bits per heavy atom. The summed E-state index contributed by atoms with van der Waals surface area (Å²) in [7, 11) is 1.41. The van der Waals surface area contributed by atoms with Crippen LogP contribution in [0.1, 0.15) is 79.1 Å². The highest BCUT2D eigenvalue weighted by atomic mass is 16.7. The predicted molar refractivity (Wildman–Crippen MR) is 124 cm³/mol. The summed E-state index contributed by atoms with van der Waals surface area (Å²) in [6.07, 6.45) is 18.9. The number of carbonyl (C=O) groups excluding carboxylic acids is 1. The van der Waals surface area contributed by atoms with Gasteiger partial charge >= 0.3 is 5.97 Å². The summed E-state index contributed by atoms with van der Waals surface area (Å²) < 4.78 is 16.4. The molecule has 0 radical (unpaired) electrons. The summed E-state index contributed by atoms with van der Waals surface area (Å²) in [6, 6.07) is 0. The maximum Gasteiger partial charge on any atom is 0.330 e. The third-order valence-corrected chi connectivity index (χ3v) is 5.21. The molecule has 170 valence electrons. The van der Waals surface area contributed by atoms with Gasteiger partial charge in [-0.25, -0.2) is 4.79 Å². The van der Waals surface area contributed by atoms with Crippen LogP contribution in [0.25, 0.3) is 0 Å². The third-order valence-electron chi connectivity index (χ3n) is 5.21. The average molecular weight is 419 g/mol. The first-order valence-corrected chi connectivity index (χ1v) is 11.4. The van der Waals surface area contributed by atoms with Crippen LogP contribution in [-0.2, 0) is 19.0 Å². The van der Waals surface area contributed by atoms with E-state index in [1.54, 1.807) is 6.08 Å². The Hall–Kier alpha value is -1.65. The van der Waals surface area contributed by atoms with Gasteiger partial charge in [-0.2, -0.15) is 0 Å². The van der Waals surface area contributed by atoms with Gasteiger partial charge in [0.2, 0.25) is 0 Å². The molecule has 0 spiro atoms. The molecule has 0 aromatic carbocycles. The molecule has 1 fully saturated rings. The van der Waals surface area contributed by atoms with Crippen molar-refractivity contribution in [3.05, 3.63) is 47.1 Å². The van der Waals surface area contributed by atoms with Crippen LogP contribution in [0, 0.1) is 5.92 Å². The smallest absolute Gasteiger partial charge is 0.330 e. The minimum atomic E-state index is -0.281. The van der Waals surface area contributed by atoms with Crippen LogP contribution in [0.4, 0.5) is 0 Å². The number of rotatable bonds is 13. The van der Waals surface area contributed by atoms with E-state index in [1.807, 2.05) is 6.92 Å². The van der Waals surface area contributed by atoms with Crippen LogP contribution < -0.4 is 0 Å². The third kappa shape index (κ3) is 12.8. The minimum Gasteiger partial charge on any atom is -0.466 e. The molecular weight excluding hydrogens is 376 g/mol. The van der Waals surface area contributed by atoms with Gasteiger partial charge in [-0.3, -0.25) is 0 Å². The molecule has 4 nitrogen and oxygen atoms in total. The molecule has 0 amide bonds. The fraction of sp³-hybridized carbons (Fsp3) is 0.654. The quantitative estimate of drug-likeness (QED) is 0.190. The van der Waals surface area contributed by atoms with Crippen molar-refractivity contribution < 1.29 is 19.0 Å². The first-order valence-electron chi connectivity index (χ1n) is 11.4. The van der Waals surface area contributed by atoms with Crippen LogP contribution in [0.15, 0.2) is 47.1 Å². The lowest BCUT2D eigenvalue weighted by atomic mass is 9.97. The Labute approximate surface area is 184 Å². The molecule has 0 N–H and O–H groups in total. The van der Waals surface area contributed by atoms with Crippen LogP contribution in [-0.4, -0.2) is 32.6 Å². The summed E-state index contributed by atoms with van der Waals surface area (Å²) in [5, 5.41) is 0. The number of ether oxygens (including phenoxy) is 3. The van der Waals surface area contributed by atoms with Crippen LogP contribution in [0.5, 0.6) is 0 Å². The Balaban J connectivity index is 2.51. The zero-order valence-corrected chi connectivity index (χ0v) is 19.7. The lowest BCUT2D eigenvalue weighted by Crippen LogP contribution is -2.23. The van der Waals surface area contributed by atoms with Gasteiger partial charge in [0.05, 0.1) is 13.7 Å². The number of esters is 1. The normalized spacial score (nSPS) is 19.9. The van der Waals surface area contributed by atoms with Gasteiger partial charge in [0.1, 0.15) is 0 Å². The molecule has 2 atom stereocenters. The van der Waals surface area contributed by atoms with Gasteiger partial charge in [-0.15, -0.1) is 0 Å². The Morgan fingerprint density at radius 2 is 1.97 bits per heavy atom. The maximum absolute atomic E-state index is 11.3. The van der Waals surface area contributed by atoms with Crippen molar-refractivity contribution in [2.75, 3.05) is 20.3 Å². The average Bonchev–Trinajstić information content (AvgIpc) is 2.72. The predicted octanol–water partition coefficient (Wildman–Crippen LogP) is 6.68. The lowest BCUT2D eigenvalue weighted by Gasteiger charge is -2.23. The van der Waals surface area contributed by atoms with Crippen molar-refractivity contribution in [2.45, 2.75) is 85.4 Å². The number of methoxy groups -OCH3 is 1. The second-order valence-corrected chi connectivity index (χ2v) is 8.32. The molecular formula is C26H42O4. The van der Waals surface area contributed by atoms with E-state index in [-0.39, 0.29) is 12.3 Å². The van der Waals surface area contributed by atoms with Gasteiger partial charge in [0.25, 0.3) is 0 Å². The number of carbonyl (C=O) groups is 1. The molecule has 0 aromatic rings. The summed E-state index contributed by atoms with van der Waals surface area (Å²) >= 11 is 0. The van der Waals surface area contributed by atoms with Crippen LogP contribution >= 0.6 is 0 Å². The molecule has 0 aliphatic carbocycles. The van der Waals surface area contributed by atoms with Crippen molar-refractivity contribution in [1.29, 1.82) is 0 Å². The molecule has 1 aliphatic rings. The molecule has 0 saturated carbocycles. The summed E-state index contributed by atoms with van der Waals surface area (Å²) in [4.78, 5) is 11.3. The zero-order chi connectivity index (χ0) is 22.2. The number of allylic oxidation sites excluding steroid dienone is 6. The van der Waals surface area contributed by atoms with Gasteiger partial charge in [-0.05, 0) is 83.6 Å². The van der Waals surface area contributed by atoms with Crippen LogP contribution in [0.3, 0.4) is 0 Å². The molecule has 30 heavy (non-hydrogen) atoms. The molecule has 1 aliphatic heterocycles. The molecule has 1 saturated heterocycles. The highest BCUT2D eigenvalue weighted by Gasteiger charge is 2.14. The summed E-state index contributed by atoms with van der Waals surface area (Å²) in [5.74, 6) is 0.118. The van der Waals surface area contributed by atoms with E-state index < -0.39 is 0 Å². The van der Waals surface area contributed by atoms with E-state index in [0.29, 0.717) is 12.5 Å². The SMILES string of the molecule is C/C=C/CC/C(=C\CC/C(C)=C/C(C)C/C(C)=C/C(=O)OC)COC1CCCCO1. The largest absolute Gasteiger partial charge is 0.466 e. The second-order valence-electron chi connectivity index (χ2n) is 8.32. The van der Waals surface area contributed by atoms with Gasteiger partial charge in [0, 0.05) is 12.7 Å².